The van der Waals surface area contributed by atoms with Crippen molar-refractivity contribution in [3.05, 3.63) is 59.4 Å². The number of nitrogens with one attached hydrogen (secondary N) is 2. The number of amides is 1. The first-order valence-corrected chi connectivity index (χ1v) is 10.8. The maximum atomic E-state index is 14.5. The highest BCUT2D eigenvalue weighted by Crippen LogP contribution is 2.45. The molecule has 1 aliphatic carbocycles. The van der Waals surface area contributed by atoms with Crippen LogP contribution in [0.2, 0.25) is 0 Å². The molecule has 1 saturated heterocycles. The molecule has 5 rings (SSSR count). The lowest BCUT2D eigenvalue weighted by molar-refractivity contribution is -0.123. The molecule has 2 aliphatic rings. The van der Waals surface area contributed by atoms with Crippen LogP contribution in [-0.4, -0.2) is 41.5 Å². The van der Waals surface area contributed by atoms with Gasteiger partial charge in [-0.1, -0.05) is 0 Å². The summed E-state index contributed by atoms with van der Waals surface area (Å²) in [5, 5.41) is 3.59. The molecule has 7 heteroatoms. The lowest BCUT2D eigenvalue weighted by Gasteiger charge is -2.37. The van der Waals surface area contributed by atoms with Crippen LogP contribution < -0.4 is 5.32 Å². The maximum Gasteiger partial charge on any atom is 0.234 e. The van der Waals surface area contributed by atoms with Crippen LogP contribution in [0.3, 0.4) is 0 Å². The van der Waals surface area contributed by atoms with Crippen molar-refractivity contribution in [1.82, 2.24) is 15.2 Å². The molecule has 0 bridgehead atoms. The average molecular weight is 427 g/mol. The number of carbonyl (C=O) groups excluding carboxylic acids is 1. The highest BCUT2D eigenvalue weighted by Gasteiger charge is 2.35. The Morgan fingerprint density at radius 3 is 2.45 bits per heavy atom. The lowest BCUT2D eigenvalue weighted by Crippen LogP contribution is -2.46. The second kappa shape index (κ2) is 8.04. The SMILES string of the molecule is O=C(CN1CCCC1)N[C@H]1C[C@@H](c2c(-c3ccc(F)cc3)[nH]c3c(F)cc(F)cc32)C1. The molecule has 0 atom stereocenters. The Morgan fingerprint density at radius 2 is 1.74 bits per heavy atom. The van der Waals surface area contributed by atoms with E-state index in [1.54, 1.807) is 12.1 Å². The summed E-state index contributed by atoms with van der Waals surface area (Å²) in [6.45, 7) is 2.36. The van der Waals surface area contributed by atoms with Gasteiger partial charge in [0.05, 0.1) is 17.8 Å². The molecular formula is C24H24F3N3O. The van der Waals surface area contributed by atoms with Gasteiger partial charge in [-0.2, -0.15) is 0 Å². The quantitative estimate of drug-likeness (QED) is 0.620. The minimum atomic E-state index is -0.653. The maximum absolute atomic E-state index is 14.5. The van der Waals surface area contributed by atoms with Gasteiger partial charge in [0.15, 0.2) is 0 Å². The van der Waals surface area contributed by atoms with Gasteiger partial charge in [0, 0.05) is 17.5 Å². The van der Waals surface area contributed by atoms with Crippen molar-refractivity contribution in [2.75, 3.05) is 19.6 Å². The number of carbonyl (C=O) groups is 1. The third-order valence-electron chi connectivity index (χ3n) is 6.47. The molecule has 31 heavy (non-hydrogen) atoms. The summed E-state index contributed by atoms with van der Waals surface area (Å²) < 4.78 is 41.9. The minimum absolute atomic E-state index is 0.0279. The molecule has 1 saturated carbocycles. The van der Waals surface area contributed by atoms with Gasteiger partial charge in [0.25, 0.3) is 0 Å². The molecule has 2 N–H and O–H groups in total. The molecule has 4 nitrogen and oxygen atoms in total. The standard InChI is InChI=1S/C24H24F3N3O/c25-16-5-3-14(4-6-16)23-22(19-11-17(26)12-20(27)24(19)29-23)15-9-18(10-15)28-21(31)13-30-7-1-2-8-30/h3-6,11-12,15,18,29H,1-2,7-10,13H2,(H,28,31)/t15-,18+. The summed E-state index contributed by atoms with van der Waals surface area (Å²) in [6, 6.07) is 8.21. The molecule has 1 aliphatic heterocycles. The smallest absolute Gasteiger partial charge is 0.234 e. The molecule has 2 fully saturated rings. The fraction of sp³-hybridized carbons (Fsp3) is 0.375. The van der Waals surface area contributed by atoms with E-state index < -0.39 is 11.6 Å². The van der Waals surface area contributed by atoms with Crippen molar-refractivity contribution in [2.45, 2.75) is 37.6 Å². The Balaban J connectivity index is 1.39. The van der Waals surface area contributed by atoms with Gasteiger partial charge in [-0.05, 0) is 86.1 Å². The van der Waals surface area contributed by atoms with Gasteiger partial charge in [0.2, 0.25) is 5.91 Å². The number of likely N-dealkylation sites (tertiary alicyclic amines) is 1. The van der Waals surface area contributed by atoms with Crippen LogP contribution in [0.25, 0.3) is 22.2 Å². The van der Waals surface area contributed by atoms with Crippen molar-refractivity contribution in [2.24, 2.45) is 0 Å². The molecular weight excluding hydrogens is 403 g/mol. The summed E-state index contributed by atoms with van der Waals surface area (Å²) in [5.74, 6) is -1.57. The lowest BCUT2D eigenvalue weighted by atomic mass is 9.74. The Kier molecular flexibility index (Phi) is 5.22. The summed E-state index contributed by atoms with van der Waals surface area (Å²) in [5.41, 5.74) is 2.46. The van der Waals surface area contributed by atoms with Gasteiger partial charge in [-0.3, -0.25) is 9.69 Å². The van der Waals surface area contributed by atoms with Crippen LogP contribution in [0.15, 0.2) is 36.4 Å². The zero-order chi connectivity index (χ0) is 21.5. The summed E-state index contributed by atoms with van der Waals surface area (Å²) in [7, 11) is 0. The van der Waals surface area contributed by atoms with E-state index in [2.05, 4.69) is 15.2 Å². The fourth-order valence-corrected chi connectivity index (χ4v) is 4.90. The number of aromatic amines is 1. The van der Waals surface area contributed by atoms with E-state index in [9.17, 15) is 18.0 Å². The molecule has 1 aromatic heterocycles. The molecule has 2 heterocycles. The van der Waals surface area contributed by atoms with Crippen molar-refractivity contribution in [1.29, 1.82) is 0 Å². The molecule has 0 spiro atoms. The third kappa shape index (κ3) is 3.94. The zero-order valence-electron chi connectivity index (χ0n) is 17.1. The molecule has 1 amide bonds. The van der Waals surface area contributed by atoms with E-state index in [4.69, 9.17) is 0 Å². The van der Waals surface area contributed by atoms with Crippen LogP contribution in [-0.2, 0) is 4.79 Å². The minimum Gasteiger partial charge on any atom is -0.352 e. The molecule has 162 valence electrons. The molecule has 3 aromatic rings. The van der Waals surface area contributed by atoms with E-state index in [0.717, 1.165) is 37.6 Å². The number of H-pyrrole nitrogens is 1. The summed E-state index contributed by atoms with van der Waals surface area (Å²) in [4.78, 5) is 17.6. The third-order valence-corrected chi connectivity index (χ3v) is 6.47. The Bertz CT molecular complexity index is 1110. The number of aromatic nitrogens is 1. The predicted octanol–water partition coefficient (Wildman–Crippen LogP) is 4.71. The number of nitrogens with zero attached hydrogens (tertiary/aromatic N) is 1. The summed E-state index contributed by atoms with van der Waals surface area (Å²) >= 11 is 0. The van der Waals surface area contributed by atoms with Crippen LogP contribution in [0, 0.1) is 17.5 Å². The number of rotatable bonds is 5. The Hall–Kier alpha value is -2.80. The number of fused-ring (bicyclic) bond motifs is 1. The van der Waals surface area contributed by atoms with Gasteiger partial charge < -0.3 is 10.3 Å². The van der Waals surface area contributed by atoms with Crippen molar-refractivity contribution in [3.63, 3.8) is 0 Å². The van der Waals surface area contributed by atoms with Crippen LogP contribution in [0.1, 0.15) is 37.2 Å². The van der Waals surface area contributed by atoms with Gasteiger partial charge >= 0.3 is 0 Å². The van der Waals surface area contributed by atoms with E-state index in [1.807, 2.05) is 0 Å². The van der Waals surface area contributed by atoms with Crippen LogP contribution >= 0.6 is 0 Å². The predicted molar refractivity (Wildman–Crippen MR) is 113 cm³/mol. The molecule has 0 unspecified atom stereocenters. The number of hydrogen-bond donors (Lipinski definition) is 2. The summed E-state index contributed by atoms with van der Waals surface area (Å²) in [6.07, 6.45) is 3.67. The first-order chi connectivity index (χ1) is 15.0. The Labute approximate surface area is 178 Å². The van der Waals surface area contributed by atoms with Gasteiger partial charge in [-0.25, -0.2) is 13.2 Å². The number of benzene rings is 2. The number of halogens is 3. The Morgan fingerprint density at radius 1 is 1.03 bits per heavy atom. The van der Waals surface area contributed by atoms with Crippen LogP contribution in [0.5, 0.6) is 0 Å². The average Bonchev–Trinajstić information content (AvgIpc) is 3.33. The van der Waals surface area contributed by atoms with Crippen molar-refractivity contribution < 1.29 is 18.0 Å². The molecule has 0 radical (unpaired) electrons. The highest BCUT2D eigenvalue weighted by atomic mass is 19.1. The number of hydrogen-bond acceptors (Lipinski definition) is 2. The first-order valence-electron chi connectivity index (χ1n) is 10.8. The van der Waals surface area contributed by atoms with E-state index >= 15 is 0 Å². The topological polar surface area (TPSA) is 48.1 Å². The zero-order valence-corrected chi connectivity index (χ0v) is 17.1. The molecule has 2 aromatic carbocycles. The second-order valence-electron chi connectivity index (χ2n) is 8.65. The highest BCUT2D eigenvalue weighted by molar-refractivity contribution is 5.92. The first kappa shape index (κ1) is 20.1. The van der Waals surface area contributed by atoms with Gasteiger partial charge in [0.1, 0.15) is 17.5 Å². The normalized spacial score (nSPS) is 21.4. The van der Waals surface area contributed by atoms with Crippen LogP contribution in [0.4, 0.5) is 13.2 Å². The van der Waals surface area contributed by atoms with Gasteiger partial charge in [-0.15, -0.1) is 0 Å². The fourth-order valence-electron chi connectivity index (χ4n) is 4.90. The monoisotopic (exact) mass is 427 g/mol. The largest absolute Gasteiger partial charge is 0.352 e. The second-order valence-corrected chi connectivity index (χ2v) is 8.65. The van der Waals surface area contributed by atoms with E-state index in [-0.39, 0.29) is 29.2 Å². The van der Waals surface area contributed by atoms with Crippen molar-refractivity contribution in [3.8, 4) is 11.3 Å². The van der Waals surface area contributed by atoms with Crippen molar-refractivity contribution >= 4 is 16.8 Å². The van der Waals surface area contributed by atoms with E-state index in [0.29, 0.717) is 36.0 Å². The van der Waals surface area contributed by atoms with E-state index in [1.165, 1.54) is 18.2 Å².